The van der Waals surface area contributed by atoms with Crippen LogP contribution in [0.1, 0.15) is 31.4 Å². The molecule has 0 saturated heterocycles. The van der Waals surface area contributed by atoms with Crippen LogP contribution in [0.3, 0.4) is 0 Å². The Labute approximate surface area is 179 Å². The van der Waals surface area contributed by atoms with E-state index in [-0.39, 0.29) is 25.2 Å². The maximum Gasteiger partial charge on any atom is 0.410 e. The van der Waals surface area contributed by atoms with Crippen LogP contribution in [0, 0.1) is 0 Å². The summed E-state index contributed by atoms with van der Waals surface area (Å²) in [5.74, 6) is -0.197. The highest BCUT2D eigenvalue weighted by molar-refractivity contribution is 5.86. The molecule has 6 heteroatoms. The van der Waals surface area contributed by atoms with Crippen molar-refractivity contribution in [3.8, 4) is 0 Å². The quantitative estimate of drug-likeness (QED) is 0.649. The van der Waals surface area contributed by atoms with Crippen molar-refractivity contribution in [1.82, 2.24) is 9.80 Å². The van der Waals surface area contributed by atoms with Gasteiger partial charge in [-0.2, -0.15) is 0 Å². The van der Waals surface area contributed by atoms with Gasteiger partial charge < -0.3 is 14.7 Å². The number of rotatable bonds is 10. The predicted octanol–water partition coefficient (Wildman–Crippen LogP) is 3.49. The highest BCUT2D eigenvalue weighted by atomic mass is 16.6. The van der Waals surface area contributed by atoms with Gasteiger partial charge in [0.15, 0.2) is 0 Å². The summed E-state index contributed by atoms with van der Waals surface area (Å²) >= 11 is 0. The Bertz CT molecular complexity index is 782. The van der Waals surface area contributed by atoms with Crippen LogP contribution in [0.15, 0.2) is 60.7 Å². The van der Waals surface area contributed by atoms with Crippen molar-refractivity contribution in [3.63, 3.8) is 0 Å². The molecular formula is C24H32N2O4. The van der Waals surface area contributed by atoms with Crippen LogP contribution in [0.25, 0.3) is 0 Å². The Balaban J connectivity index is 2.28. The van der Waals surface area contributed by atoms with E-state index in [2.05, 4.69) is 0 Å². The van der Waals surface area contributed by atoms with Gasteiger partial charge in [0.25, 0.3) is 0 Å². The Morgan fingerprint density at radius 2 is 1.57 bits per heavy atom. The zero-order valence-electron chi connectivity index (χ0n) is 18.0. The minimum Gasteiger partial charge on any atom is -0.446 e. The van der Waals surface area contributed by atoms with Crippen LogP contribution < -0.4 is 0 Å². The average Bonchev–Trinajstić information content (AvgIpc) is 2.76. The molecule has 0 aliphatic rings. The second kappa shape index (κ2) is 12.0. The first kappa shape index (κ1) is 23.4. The molecule has 2 atom stereocenters. The first-order valence-corrected chi connectivity index (χ1v) is 10.4. The lowest BCUT2D eigenvalue weighted by Crippen LogP contribution is -2.52. The van der Waals surface area contributed by atoms with Crippen LogP contribution in [0.2, 0.25) is 0 Å². The lowest BCUT2D eigenvalue weighted by molar-refractivity contribution is -0.136. The summed E-state index contributed by atoms with van der Waals surface area (Å²) in [5.41, 5.74) is 1.94. The molecule has 0 aliphatic heterocycles. The highest BCUT2D eigenvalue weighted by Gasteiger charge is 2.33. The smallest absolute Gasteiger partial charge is 0.410 e. The number of hydrogen-bond acceptors (Lipinski definition) is 4. The van der Waals surface area contributed by atoms with E-state index in [0.717, 1.165) is 11.1 Å². The van der Waals surface area contributed by atoms with E-state index in [1.54, 1.807) is 11.9 Å². The summed E-state index contributed by atoms with van der Waals surface area (Å²) in [4.78, 5) is 29.2. The van der Waals surface area contributed by atoms with Crippen LogP contribution in [-0.2, 0) is 22.5 Å². The van der Waals surface area contributed by atoms with E-state index in [9.17, 15) is 14.7 Å². The summed E-state index contributed by atoms with van der Waals surface area (Å²) in [5, 5.41) is 9.57. The minimum absolute atomic E-state index is 0.0255. The Morgan fingerprint density at radius 3 is 2.10 bits per heavy atom. The Morgan fingerprint density at radius 1 is 1.00 bits per heavy atom. The van der Waals surface area contributed by atoms with Gasteiger partial charge in [-0.05, 0) is 24.5 Å². The molecule has 0 aliphatic carbocycles. The molecule has 2 rings (SSSR count). The number of benzene rings is 2. The van der Waals surface area contributed by atoms with Gasteiger partial charge in [0.05, 0.1) is 6.61 Å². The van der Waals surface area contributed by atoms with Crippen molar-refractivity contribution >= 4 is 12.0 Å². The molecular weight excluding hydrogens is 380 g/mol. The van der Waals surface area contributed by atoms with Crippen LogP contribution in [-0.4, -0.2) is 59.3 Å². The largest absolute Gasteiger partial charge is 0.446 e. The van der Waals surface area contributed by atoms with Crippen molar-refractivity contribution < 1.29 is 19.4 Å². The number of carbonyl (C=O) groups excluding carboxylic acids is 2. The molecule has 1 N–H and O–H groups in total. The topological polar surface area (TPSA) is 70.1 Å². The summed E-state index contributed by atoms with van der Waals surface area (Å²) in [7, 11) is 1.73. The van der Waals surface area contributed by atoms with Gasteiger partial charge in [-0.25, -0.2) is 4.79 Å². The van der Waals surface area contributed by atoms with Gasteiger partial charge >= 0.3 is 6.09 Å². The molecule has 2 amide bonds. The number of hydrogen-bond donors (Lipinski definition) is 1. The highest BCUT2D eigenvalue weighted by Crippen LogP contribution is 2.16. The van der Waals surface area contributed by atoms with E-state index < -0.39 is 12.1 Å². The number of amides is 2. The first-order chi connectivity index (χ1) is 14.5. The lowest BCUT2D eigenvalue weighted by Gasteiger charge is -2.33. The van der Waals surface area contributed by atoms with Gasteiger partial charge in [0.1, 0.15) is 12.1 Å². The molecule has 30 heavy (non-hydrogen) atoms. The number of nitrogens with zero attached hydrogens (tertiary/aromatic N) is 2. The number of likely N-dealkylation sites (N-methyl/N-ethyl adjacent to an activating group) is 1. The maximum absolute atomic E-state index is 13.4. The zero-order chi connectivity index (χ0) is 21.9. The van der Waals surface area contributed by atoms with E-state index in [0.29, 0.717) is 19.4 Å². The average molecular weight is 413 g/mol. The fourth-order valence-electron chi connectivity index (χ4n) is 3.16. The Kier molecular flexibility index (Phi) is 9.35. The van der Waals surface area contributed by atoms with E-state index in [4.69, 9.17) is 4.74 Å². The number of carbonyl (C=O) groups is 2. The van der Waals surface area contributed by atoms with Crippen molar-refractivity contribution in [2.45, 2.75) is 45.4 Å². The number of aliphatic hydroxyl groups is 1. The lowest BCUT2D eigenvalue weighted by atomic mass is 10.0. The third-order valence-corrected chi connectivity index (χ3v) is 5.02. The molecule has 0 heterocycles. The summed E-state index contributed by atoms with van der Waals surface area (Å²) < 4.78 is 5.49. The van der Waals surface area contributed by atoms with Crippen molar-refractivity contribution in [3.05, 3.63) is 71.8 Å². The number of ether oxygens (including phenoxy) is 1. The van der Waals surface area contributed by atoms with Crippen molar-refractivity contribution in [1.29, 1.82) is 0 Å². The van der Waals surface area contributed by atoms with Crippen molar-refractivity contribution in [2.75, 3.05) is 20.2 Å². The maximum atomic E-state index is 13.4. The van der Waals surface area contributed by atoms with Gasteiger partial charge in [-0.3, -0.25) is 9.69 Å². The summed E-state index contributed by atoms with van der Waals surface area (Å²) in [6.07, 6.45) is 0.159. The monoisotopic (exact) mass is 412 g/mol. The standard InChI is InChI=1S/C24H32N2O4/c1-4-19(2)30-24(29)26(15-16-27)22(17-20-11-7-5-8-12-20)23(28)25(3)18-21-13-9-6-10-14-21/h5-14,19,22,27H,4,15-18H2,1-3H3/t19?,22-/m0/s1. The summed E-state index contributed by atoms with van der Waals surface area (Å²) in [6, 6.07) is 18.5. The fourth-order valence-corrected chi connectivity index (χ4v) is 3.16. The van der Waals surface area contributed by atoms with Crippen LogP contribution in [0.5, 0.6) is 0 Å². The molecule has 162 valence electrons. The molecule has 0 bridgehead atoms. The molecule has 1 unspecified atom stereocenters. The van der Waals surface area contributed by atoms with Gasteiger partial charge in [0, 0.05) is 26.6 Å². The van der Waals surface area contributed by atoms with Crippen molar-refractivity contribution in [2.24, 2.45) is 0 Å². The van der Waals surface area contributed by atoms with Crippen LogP contribution >= 0.6 is 0 Å². The Hall–Kier alpha value is -2.86. The molecule has 0 fully saturated rings. The molecule has 2 aromatic carbocycles. The van der Waals surface area contributed by atoms with Gasteiger partial charge in [-0.1, -0.05) is 67.6 Å². The summed E-state index contributed by atoms with van der Waals surface area (Å²) in [6.45, 7) is 3.94. The van der Waals surface area contributed by atoms with Gasteiger partial charge in [0.2, 0.25) is 5.91 Å². The third-order valence-electron chi connectivity index (χ3n) is 5.02. The van der Waals surface area contributed by atoms with Gasteiger partial charge in [-0.15, -0.1) is 0 Å². The predicted molar refractivity (Wildman–Crippen MR) is 117 cm³/mol. The van der Waals surface area contributed by atoms with E-state index in [1.807, 2.05) is 74.5 Å². The fraction of sp³-hybridized carbons (Fsp3) is 0.417. The third kappa shape index (κ3) is 6.88. The molecule has 6 nitrogen and oxygen atoms in total. The molecule has 2 aromatic rings. The van der Waals surface area contributed by atoms with E-state index in [1.165, 1.54) is 4.90 Å². The molecule has 0 aromatic heterocycles. The minimum atomic E-state index is -0.773. The molecule has 0 spiro atoms. The SMILES string of the molecule is CCC(C)OC(=O)N(CCO)[C@@H](Cc1ccccc1)C(=O)N(C)Cc1ccccc1. The normalized spacial score (nSPS) is 12.7. The zero-order valence-corrected chi connectivity index (χ0v) is 18.0. The molecule has 0 radical (unpaired) electrons. The van der Waals surface area contributed by atoms with Crippen LogP contribution in [0.4, 0.5) is 4.79 Å². The second-order valence-corrected chi connectivity index (χ2v) is 7.41. The molecule has 0 saturated carbocycles. The van der Waals surface area contributed by atoms with E-state index >= 15 is 0 Å². The first-order valence-electron chi connectivity index (χ1n) is 10.4. The number of aliphatic hydroxyl groups excluding tert-OH is 1. The second-order valence-electron chi connectivity index (χ2n) is 7.41.